The number of aryl methyl sites for hydroxylation is 2. The first kappa shape index (κ1) is 14.5. The van der Waals surface area contributed by atoms with Gasteiger partial charge >= 0.3 is 0 Å². The summed E-state index contributed by atoms with van der Waals surface area (Å²) in [6.07, 6.45) is 3.06. The number of amides is 1. The third kappa shape index (κ3) is 2.67. The number of rotatable bonds is 2. The van der Waals surface area contributed by atoms with Crippen LogP contribution in [0.2, 0.25) is 0 Å². The Bertz CT molecular complexity index is 756. The predicted octanol–water partition coefficient (Wildman–Crippen LogP) is 3.03. The summed E-state index contributed by atoms with van der Waals surface area (Å²) < 4.78 is 11.2. The van der Waals surface area contributed by atoms with Gasteiger partial charge < -0.3 is 14.8 Å². The van der Waals surface area contributed by atoms with Gasteiger partial charge in [0.15, 0.2) is 11.5 Å². The number of nitrogens with one attached hydrogen (secondary N) is 1. The van der Waals surface area contributed by atoms with Crippen LogP contribution in [0.25, 0.3) is 0 Å². The minimum absolute atomic E-state index is 0.0171. The molecule has 0 radical (unpaired) electrons. The van der Waals surface area contributed by atoms with Crippen molar-refractivity contribution in [3.05, 3.63) is 39.3 Å². The van der Waals surface area contributed by atoms with Crippen LogP contribution >= 0.6 is 11.3 Å². The number of ether oxygens (including phenoxy) is 2. The Morgan fingerprint density at radius 1 is 1.35 bits per heavy atom. The van der Waals surface area contributed by atoms with E-state index in [1.165, 1.54) is 4.88 Å². The maximum absolute atomic E-state index is 12.7. The molecule has 0 spiro atoms. The number of para-hydroxylation sites is 1. The summed E-state index contributed by atoms with van der Waals surface area (Å²) in [4.78, 5) is 18.6. The Labute approximate surface area is 138 Å². The van der Waals surface area contributed by atoms with Crippen LogP contribution in [0, 0.1) is 6.92 Å². The SMILES string of the molecule is Cc1nc2c(s1)CCC[C@H]2NC(=O)c1cccc2c1OCCO2. The Morgan fingerprint density at radius 3 is 3.13 bits per heavy atom. The smallest absolute Gasteiger partial charge is 0.255 e. The first-order valence-corrected chi connectivity index (χ1v) is 8.69. The van der Waals surface area contributed by atoms with Gasteiger partial charge in [0.25, 0.3) is 5.91 Å². The minimum Gasteiger partial charge on any atom is -0.486 e. The second-order valence-electron chi connectivity index (χ2n) is 5.79. The molecule has 2 aromatic rings. The number of carbonyl (C=O) groups is 1. The number of benzene rings is 1. The Morgan fingerprint density at radius 2 is 2.22 bits per heavy atom. The van der Waals surface area contributed by atoms with Crippen molar-refractivity contribution in [1.82, 2.24) is 10.3 Å². The molecule has 5 nitrogen and oxygen atoms in total. The van der Waals surface area contributed by atoms with Crippen molar-refractivity contribution in [1.29, 1.82) is 0 Å². The molecular weight excluding hydrogens is 312 g/mol. The molecule has 2 aliphatic rings. The number of aromatic nitrogens is 1. The zero-order valence-corrected chi connectivity index (χ0v) is 13.7. The van der Waals surface area contributed by atoms with Crippen molar-refractivity contribution < 1.29 is 14.3 Å². The van der Waals surface area contributed by atoms with Crippen LogP contribution in [-0.2, 0) is 6.42 Å². The highest BCUT2D eigenvalue weighted by atomic mass is 32.1. The van der Waals surface area contributed by atoms with Crippen LogP contribution in [-0.4, -0.2) is 24.1 Å². The number of hydrogen-bond donors (Lipinski definition) is 1. The number of fused-ring (bicyclic) bond motifs is 2. The van der Waals surface area contributed by atoms with E-state index in [1.54, 1.807) is 17.4 Å². The van der Waals surface area contributed by atoms with Crippen LogP contribution < -0.4 is 14.8 Å². The summed E-state index contributed by atoms with van der Waals surface area (Å²) in [5.74, 6) is 1.05. The second kappa shape index (κ2) is 5.85. The van der Waals surface area contributed by atoms with E-state index in [1.807, 2.05) is 19.1 Å². The monoisotopic (exact) mass is 330 g/mol. The van der Waals surface area contributed by atoms with Crippen molar-refractivity contribution in [2.24, 2.45) is 0 Å². The molecule has 0 saturated carbocycles. The van der Waals surface area contributed by atoms with Gasteiger partial charge in [0, 0.05) is 4.88 Å². The fourth-order valence-corrected chi connectivity index (χ4v) is 4.21. The molecule has 0 bridgehead atoms. The molecule has 23 heavy (non-hydrogen) atoms. The molecule has 4 rings (SSSR count). The van der Waals surface area contributed by atoms with E-state index in [-0.39, 0.29) is 11.9 Å². The molecule has 1 aromatic heterocycles. The largest absolute Gasteiger partial charge is 0.486 e. The average molecular weight is 330 g/mol. The van der Waals surface area contributed by atoms with Crippen molar-refractivity contribution >= 4 is 17.2 Å². The van der Waals surface area contributed by atoms with Gasteiger partial charge in [-0.25, -0.2) is 4.98 Å². The van der Waals surface area contributed by atoms with Crippen molar-refractivity contribution in [3.63, 3.8) is 0 Å². The Hall–Kier alpha value is -2.08. The molecular formula is C17H18N2O3S. The lowest BCUT2D eigenvalue weighted by Gasteiger charge is -2.24. The van der Waals surface area contributed by atoms with Crippen molar-refractivity contribution in [3.8, 4) is 11.5 Å². The van der Waals surface area contributed by atoms with Crippen molar-refractivity contribution in [2.45, 2.75) is 32.2 Å². The highest BCUT2D eigenvalue weighted by molar-refractivity contribution is 7.11. The van der Waals surface area contributed by atoms with Crippen LogP contribution in [0.3, 0.4) is 0 Å². The van der Waals surface area contributed by atoms with Gasteiger partial charge in [-0.3, -0.25) is 4.79 Å². The molecule has 6 heteroatoms. The molecule has 1 aliphatic heterocycles. The van der Waals surface area contributed by atoms with Crippen LogP contribution in [0.4, 0.5) is 0 Å². The summed E-state index contributed by atoms with van der Waals surface area (Å²) in [6, 6.07) is 5.41. The molecule has 1 atom stereocenters. The summed E-state index contributed by atoms with van der Waals surface area (Å²) in [6.45, 7) is 3.00. The average Bonchev–Trinajstić information content (AvgIpc) is 2.95. The van der Waals surface area contributed by atoms with Gasteiger partial charge in [-0.1, -0.05) is 6.07 Å². The topological polar surface area (TPSA) is 60.5 Å². The lowest BCUT2D eigenvalue weighted by Crippen LogP contribution is -2.31. The third-order valence-electron chi connectivity index (χ3n) is 4.18. The molecule has 1 amide bonds. The fourth-order valence-electron chi connectivity index (χ4n) is 3.17. The number of thiazole rings is 1. The van der Waals surface area contributed by atoms with Gasteiger partial charge in [0.05, 0.1) is 22.3 Å². The van der Waals surface area contributed by atoms with Crippen LogP contribution in [0.1, 0.15) is 44.8 Å². The molecule has 0 saturated heterocycles. The zero-order chi connectivity index (χ0) is 15.8. The molecule has 0 unspecified atom stereocenters. The van der Waals surface area contributed by atoms with Crippen LogP contribution in [0.5, 0.6) is 11.5 Å². The van der Waals surface area contributed by atoms with E-state index in [4.69, 9.17) is 9.47 Å². The highest BCUT2D eigenvalue weighted by Gasteiger charge is 2.27. The maximum Gasteiger partial charge on any atom is 0.255 e. The van der Waals surface area contributed by atoms with E-state index in [0.29, 0.717) is 30.3 Å². The summed E-state index contributed by atoms with van der Waals surface area (Å²) in [5, 5.41) is 4.18. The summed E-state index contributed by atoms with van der Waals surface area (Å²) >= 11 is 1.73. The fraction of sp³-hybridized carbons (Fsp3) is 0.412. The van der Waals surface area contributed by atoms with E-state index >= 15 is 0 Å². The van der Waals surface area contributed by atoms with Crippen molar-refractivity contribution in [2.75, 3.05) is 13.2 Å². The molecule has 1 N–H and O–H groups in total. The van der Waals surface area contributed by atoms with E-state index in [2.05, 4.69) is 10.3 Å². The first-order valence-electron chi connectivity index (χ1n) is 7.88. The Kier molecular flexibility index (Phi) is 3.69. The Balaban J connectivity index is 1.60. The normalized spacial score (nSPS) is 19.1. The quantitative estimate of drug-likeness (QED) is 0.919. The summed E-state index contributed by atoms with van der Waals surface area (Å²) in [5.41, 5.74) is 1.57. The van der Waals surface area contributed by atoms with Gasteiger partial charge in [0.2, 0.25) is 0 Å². The molecule has 2 heterocycles. The minimum atomic E-state index is -0.129. The van der Waals surface area contributed by atoms with Gasteiger partial charge in [-0.05, 0) is 38.3 Å². The third-order valence-corrected chi connectivity index (χ3v) is 5.22. The van der Waals surface area contributed by atoms with E-state index < -0.39 is 0 Å². The maximum atomic E-state index is 12.7. The van der Waals surface area contributed by atoms with Gasteiger partial charge in [0.1, 0.15) is 13.2 Å². The second-order valence-corrected chi connectivity index (χ2v) is 7.08. The van der Waals surface area contributed by atoms with Gasteiger partial charge in [-0.2, -0.15) is 0 Å². The number of hydrogen-bond acceptors (Lipinski definition) is 5. The first-order chi connectivity index (χ1) is 11.2. The molecule has 1 aliphatic carbocycles. The van der Waals surface area contributed by atoms with E-state index in [0.717, 1.165) is 30.0 Å². The molecule has 120 valence electrons. The number of nitrogens with zero attached hydrogens (tertiary/aromatic N) is 1. The number of carbonyl (C=O) groups excluding carboxylic acids is 1. The van der Waals surface area contributed by atoms with Crippen LogP contribution in [0.15, 0.2) is 18.2 Å². The molecule has 1 aromatic carbocycles. The molecule has 0 fully saturated rings. The lowest BCUT2D eigenvalue weighted by molar-refractivity contribution is 0.0921. The van der Waals surface area contributed by atoms with E-state index in [9.17, 15) is 4.79 Å². The standard InChI is InChI=1S/C17H18N2O3S/c1-10-18-15-12(5-3-7-14(15)23-10)19-17(20)11-4-2-6-13-16(11)22-9-8-21-13/h2,4,6,12H,3,5,7-9H2,1H3,(H,19,20)/t12-/m1/s1. The summed E-state index contributed by atoms with van der Waals surface area (Å²) in [7, 11) is 0. The highest BCUT2D eigenvalue weighted by Crippen LogP contribution is 2.36. The lowest BCUT2D eigenvalue weighted by atomic mass is 9.97. The van der Waals surface area contributed by atoms with Gasteiger partial charge in [-0.15, -0.1) is 11.3 Å². The predicted molar refractivity (Wildman–Crippen MR) is 87.4 cm³/mol. The zero-order valence-electron chi connectivity index (χ0n) is 12.9.